The molecule has 0 N–H and O–H groups in total. The number of para-hydroxylation sites is 2. The van der Waals surface area contributed by atoms with Gasteiger partial charge < -0.3 is 4.42 Å². The van der Waals surface area contributed by atoms with E-state index in [-0.39, 0.29) is 5.41 Å². The Kier molecular flexibility index (Phi) is 7.80. The van der Waals surface area contributed by atoms with E-state index in [0.717, 1.165) is 60.9 Å². The van der Waals surface area contributed by atoms with Gasteiger partial charge in [0.15, 0.2) is 17.5 Å². The van der Waals surface area contributed by atoms with Gasteiger partial charge in [-0.3, -0.25) is 0 Å². The van der Waals surface area contributed by atoms with Crippen LogP contribution in [0.4, 0.5) is 0 Å². The molecule has 4 heteroatoms. The maximum atomic E-state index is 6.58. The van der Waals surface area contributed by atoms with Crippen molar-refractivity contribution in [3.63, 3.8) is 0 Å². The Labute approximate surface area is 337 Å². The van der Waals surface area contributed by atoms with E-state index in [1.54, 1.807) is 0 Å². The Morgan fingerprint density at radius 3 is 1.64 bits per heavy atom. The third-order valence-corrected chi connectivity index (χ3v) is 11.7. The van der Waals surface area contributed by atoms with Crippen LogP contribution in [0.15, 0.2) is 192 Å². The minimum atomic E-state index is -0.156. The molecule has 0 atom stereocenters. The van der Waals surface area contributed by atoms with Crippen molar-refractivity contribution in [2.75, 3.05) is 0 Å². The van der Waals surface area contributed by atoms with Crippen molar-refractivity contribution in [3.8, 4) is 78.7 Å². The Hall–Kier alpha value is -7.43. The summed E-state index contributed by atoms with van der Waals surface area (Å²) in [6.07, 6.45) is 0. The normalized spacial score (nSPS) is 12.8. The summed E-state index contributed by atoms with van der Waals surface area (Å²) >= 11 is 0. The molecule has 2 aromatic heterocycles. The first-order valence-corrected chi connectivity index (χ1v) is 19.8. The maximum absolute atomic E-state index is 6.58. The zero-order valence-corrected chi connectivity index (χ0v) is 32.1. The number of nitrogens with zero attached hydrogens (tertiary/aromatic N) is 3. The molecular formula is C54H37N3O. The lowest BCUT2D eigenvalue weighted by Gasteiger charge is -2.21. The first-order valence-electron chi connectivity index (χ1n) is 19.8. The summed E-state index contributed by atoms with van der Waals surface area (Å²) in [5, 5.41) is 2.19. The monoisotopic (exact) mass is 743 g/mol. The van der Waals surface area contributed by atoms with E-state index in [9.17, 15) is 0 Å². The molecule has 1 aliphatic rings. The van der Waals surface area contributed by atoms with Gasteiger partial charge in [-0.05, 0) is 80.4 Å². The number of fused-ring (bicyclic) bond motifs is 6. The number of rotatable bonds is 6. The van der Waals surface area contributed by atoms with Crippen LogP contribution in [0, 0.1) is 0 Å². The molecule has 10 aromatic rings. The Bertz CT molecular complexity index is 3180. The summed E-state index contributed by atoms with van der Waals surface area (Å²) in [4.78, 5) is 15.7. The SMILES string of the molecule is CC1(C)c2ccccc2-c2ccc(-c3nc(-c4ccccc4)nc(-c4cc(-c5ccc(-c6ccccc6)cc5)cc(-c5cccc6c5oc5ccccc56)c4)n3)cc21. The van der Waals surface area contributed by atoms with Gasteiger partial charge in [0, 0.05) is 38.4 Å². The summed E-state index contributed by atoms with van der Waals surface area (Å²) in [5.41, 5.74) is 16.0. The van der Waals surface area contributed by atoms with E-state index in [0.29, 0.717) is 17.5 Å². The molecule has 274 valence electrons. The molecule has 58 heavy (non-hydrogen) atoms. The Morgan fingerprint density at radius 1 is 0.345 bits per heavy atom. The highest BCUT2D eigenvalue weighted by Gasteiger charge is 2.35. The van der Waals surface area contributed by atoms with Gasteiger partial charge in [-0.25, -0.2) is 15.0 Å². The molecule has 0 unspecified atom stereocenters. The van der Waals surface area contributed by atoms with Crippen LogP contribution < -0.4 is 0 Å². The molecule has 0 saturated heterocycles. The molecule has 1 aliphatic carbocycles. The average Bonchev–Trinajstić information content (AvgIpc) is 3.78. The molecule has 0 fully saturated rings. The molecule has 0 aliphatic heterocycles. The number of aromatic nitrogens is 3. The Balaban J connectivity index is 1.12. The minimum Gasteiger partial charge on any atom is -0.455 e. The first kappa shape index (κ1) is 33.9. The van der Waals surface area contributed by atoms with Crippen molar-refractivity contribution in [3.05, 3.63) is 199 Å². The van der Waals surface area contributed by atoms with Gasteiger partial charge in [0.25, 0.3) is 0 Å². The van der Waals surface area contributed by atoms with E-state index in [2.05, 4.69) is 166 Å². The molecular weight excluding hydrogens is 707 g/mol. The van der Waals surface area contributed by atoms with Gasteiger partial charge in [0.2, 0.25) is 0 Å². The predicted molar refractivity (Wildman–Crippen MR) is 237 cm³/mol. The highest BCUT2D eigenvalue weighted by atomic mass is 16.3. The quantitative estimate of drug-likeness (QED) is 0.170. The van der Waals surface area contributed by atoms with Crippen LogP contribution >= 0.6 is 0 Å². The summed E-state index contributed by atoms with van der Waals surface area (Å²) in [6, 6.07) is 66.1. The second kappa shape index (κ2) is 13.4. The molecule has 11 rings (SSSR count). The maximum Gasteiger partial charge on any atom is 0.164 e. The lowest BCUT2D eigenvalue weighted by Crippen LogP contribution is -2.15. The third-order valence-electron chi connectivity index (χ3n) is 11.7. The smallest absolute Gasteiger partial charge is 0.164 e. The number of hydrogen-bond donors (Lipinski definition) is 0. The number of benzene rings is 8. The molecule has 0 spiro atoms. The van der Waals surface area contributed by atoms with Crippen molar-refractivity contribution in [1.29, 1.82) is 0 Å². The third kappa shape index (κ3) is 5.64. The second-order valence-electron chi connectivity index (χ2n) is 15.6. The van der Waals surface area contributed by atoms with Crippen molar-refractivity contribution >= 4 is 21.9 Å². The second-order valence-corrected chi connectivity index (χ2v) is 15.6. The lowest BCUT2D eigenvalue weighted by molar-refractivity contribution is 0.660. The fraction of sp³-hybridized carbons (Fsp3) is 0.0556. The molecule has 0 radical (unpaired) electrons. The lowest BCUT2D eigenvalue weighted by atomic mass is 9.82. The van der Waals surface area contributed by atoms with Crippen molar-refractivity contribution in [2.45, 2.75) is 19.3 Å². The van der Waals surface area contributed by atoms with E-state index in [4.69, 9.17) is 19.4 Å². The average molecular weight is 744 g/mol. The molecule has 0 amide bonds. The fourth-order valence-electron chi connectivity index (χ4n) is 8.73. The van der Waals surface area contributed by atoms with Crippen LogP contribution in [0.5, 0.6) is 0 Å². The summed E-state index contributed by atoms with van der Waals surface area (Å²) in [5.74, 6) is 1.87. The summed E-state index contributed by atoms with van der Waals surface area (Å²) in [7, 11) is 0. The topological polar surface area (TPSA) is 51.8 Å². The van der Waals surface area contributed by atoms with Crippen molar-refractivity contribution in [1.82, 2.24) is 15.0 Å². The number of furan rings is 1. The molecule has 2 heterocycles. The molecule has 8 aromatic carbocycles. The van der Waals surface area contributed by atoms with Crippen LogP contribution in [0.2, 0.25) is 0 Å². The standard InChI is InChI=1S/C54H37N3O/c1-54(2)47-22-11-9-18-43(47)44-29-28-38(33-48(44)54)52-55-51(37-16-7-4-8-17-37)56-53(57-52)41-31-39(36-26-24-35(25-27-36)34-14-5-3-6-15-34)30-40(32-41)42-20-13-21-46-45-19-10-12-23-49(45)58-50(42)46/h3-33H,1-2H3. The molecule has 0 saturated carbocycles. The van der Waals surface area contributed by atoms with Gasteiger partial charge in [-0.1, -0.05) is 172 Å². The van der Waals surface area contributed by atoms with Crippen LogP contribution in [0.1, 0.15) is 25.0 Å². The number of hydrogen-bond acceptors (Lipinski definition) is 4. The van der Waals surface area contributed by atoms with Gasteiger partial charge >= 0.3 is 0 Å². The van der Waals surface area contributed by atoms with Crippen molar-refractivity contribution < 1.29 is 4.42 Å². The summed E-state index contributed by atoms with van der Waals surface area (Å²) in [6.45, 7) is 4.61. The zero-order chi connectivity index (χ0) is 38.8. The van der Waals surface area contributed by atoms with E-state index >= 15 is 0 Å². The van der Waals surface area contributed by atoms with Crippen LogP contribution in [-0.2, 0) is 5.41 Å². The predicted octanol–water partition coefficient (Wildman–Crippen LogP) is 14.1. The van der Waals surface area contributed by atoms with Gasteiger partial charge in [0.1, 0.15) is 11.2 Å². The van der Waals surface area contributed by atoms with Crippen LogP contribution in [0.25, 0.3) is 101 Å². The van der Waals surface area contributed by atoms with Gasteiger partial charge in [-0.2, -0.15) is 0 Å². The molecule has 0 bridgehead atoms. The Morgan fingerprint density at radius 2 is 0.862 bits per heavy atom. The van der Waals surface area contributed by atoms with Crippen LogP contribution in [-0.4, -0.2) is 15.0 Å². The van der Waals surface area contributed by atoms with E-state index < -0.39 is 0 Å². The largest absolute Gasteiger partial charge is 0.455 e. The van der Waals surface area contributed by atoms with E-state index in [1.165, 1.54) is 33.4 Å². The molecule has 4 nitrogen and oxygen atoms in total. The fourth-order valence-corrected chi connectivity index (χ4v) is 8.73. The van der Waals surface area contributed by atoms with Gasteiger partial charge in [-0.15, -0.1) is 0 Å². The first-order chi connectivity index (χ1) is 28.5. The highest BCUT2D eigenvalue weighted by Crippen LogP contribution is 2.49. The van der Waals surface area contributed by atoms with Crippen LogP contribution in [0.3, 0.4) is 0 Å². The van der Waals surface area contributed by atoms with Crippen molar-refractivity contribution in [2.24, 2.45) is 0 Å². The van der Waals surface area contributed by atoms with Gasteiger partial charge in [0.05, 0.1) is 0 Å². The highest BCUT2D eigenvalue weighted by molar-refractivity contribution is 6.09. The minimum absolute atomic E-state index is 0.156. The summed E-state index contributed by atoms with van der Waals surface area (Å²) < 4.78 is 6.58. The zero-order valence-electron chi connectivity index (χ0n) is 32.1. The van der Waals surface area contributed by atoms with E-state index in [1.807, 2.05) is 36.4 Å².